The molecule has 0 aliphatic carbocycles. The Kier molecular flexibility index (Phi) is 7.42. The third-order valence-corrected chi connectivity index (χ3v) is 7.95. The predicted molar refractivity (Wildman–Crippen MR) is 152 cm³/mol. The molecular formula is C29H30FN7O5. The summed E-state index contributed by atoms with van der Waals surface area (Å²) >= 11 is 0. The molecule has 2 atom stereocenters. The van der Waals surface area contributed by atoms with Crippen molar-refractivity contribution in [3.05, 3.63) is 86.3 Å². The first-order valence-corrected chi connectivity index (χ1v) is 13.8. The largest absolute Gasteiger partial charge is 0.481 e. The standard InChI is InChI=1S/C29H30FN7O5/c1-18-17-42-29-27-26(23(30)12-33-29)28(38)20(15-36(18)27)14-35(13-19-7-8-31-25(10-19)41-2)22-4-3-9-34(16-22)21-5-6-24(32-11-21)37(39)40/h5-8,10-12,15,18,22H,3-4,9,13-14,16-17H2,1-2H3/t18?,22-/m0/s1. The number of hydrogen-bond acceptors (Lipinski definition) is 10. The molecule has 13 heteroatoms. The number of nitrogens with zero attached hydrogens (tertiary/aromatic N) is 7. The monoisotopic (exact) mass is 575 g/mol. The summed E-state index contributed by atoms with van der Waals surface area (Å²) in [6.45, 7) is 4.49. The van der Waals surface area contributed by atoms with E-state index in [1.165, 1.54) is 12.3 Å². The molecule has 42 heavy (non-hydrogen) atoms. The molecule has 1 saturated heterocycles. The minimum atomic E-state index is -0.674. The summed E-state index contributed by atoms with van der Waals surface area (Å²) in [6, 6.07) is 6.80. The summed E-state index contributed by atoms with van der Waals surface area (Å²) < 4.78 is 28.0. The predicted octanol–water partition coefficient (Wildman–Crippen LogP) is 3.87. The van der Waals surface area contributed by atoms with Gasteiger partial charge < -0.3 is 29.1 Å². The smallest absolute Gasteiger partial charge is 0.363 e. The second-order valence-corrected chi connectivity index (χ2v) is 10.7. The number of methoxy groups -OCH3 is 1. The van der Waals surface area contributed by atoms with Crippen molar-refractivity contribution in [3.8, 4) is 11.8 Å². The van der Waals surface area contributed by atoms with Crippen LogP contribution in [0.25, 0.3) is 10.9 Å². The van der Waals surface area contributed by atoms with Crippen LogP contribution in [0.3, 0.4) is 0 Å². The Morgan fingerprint density at radius 1 is 1.21 bits per heavy atom. The average molecular weight is 576 g/mol. The number of aromatic nitrogens is 4. The van der Waals surface area contributed by atoms with E-state index in [-0.39, 0.29) is 41.1 Å². The lowest BCUT2D eigenvalue weighted by Crippen LogP contribution is -2.48. The zero-order valence-electron chi connectivity index (χ0n) is 23.3. The maximum absolute atomic E-state index is 15.1. The zero-order valence-corrected chi connectivity index (χ0v) is 23.3. The third-order valence-electron chi connectivity index (χ3n) is 7.95. The van der Waals surface area contributed by atoms with Gasteiger partial charge in [-0.15, -0.1) is 0 Å². The van der Waals surface area contributed by atoms with Crippen molar-refractivity contribution in [3.63, 3.8) is 0 Å². The molecule has 0 amide bonds. The Bertz CT molecular complexity index is 1700. The molecule has 1 fully saturated rings. The van der Waals surface area contributed by atoms with Crippen LogP contribution in [0.15, 0.2) is 53.8 Å². The van der Waals surface area contributed by atoms with Crippen LogP contribution in [0.5, 0.6) is 11.8 Å². The van der Waals surface area contributed by atoms with Gasteiger partial charge in [0.1, 0.15) is 12.1 Å². The number of pyridine rings is 4. The first kappa shape index (κ1) is 27.5. The van der Waals surface area contributed by atoms with Crippen LogP contribution >= 0.6 is 0 Å². The van der Waals surface area contributed by atoms with Crippen molar-refractivity contribution in [2.24, 2.45) is 0 Å². The number of ether oxygens (including phenoxy) is 2. The SMILES string of the molecule is COc1cc(CN(Cc2cn3c4c(ncc(F)c4c2=O)OCC3C)[C@H]2CCCN(c3ccc([N+](=O)[O-])nc3)C2)ccn1. The van der Waals surface area contributed by atoms with E-state index in [4.69, 9.17) is 9.47 Å². The van der Waals surface area contributed by atoms with Gasteiger partial charge in [-0.1, -0.05) is 0 Å². The van der Waals surface area contributed by atoms with Crippen molar-refractivity contribution in [1.82, 2.24) is 24.4 Å². The maximum atomic E-state index is 15.1. The zero-order chi connectivity index (χ0) is 29.4. The Balaban J connectivity index is 1.37. The second kappa shape index (κ2) is 11.3. The van der Waals surface area contributed by atoms with Gasteiger partial charge in [-0.25, -0.2) is 14.4 Å². The van der Waals surface area contributed by atoms with E-state index < -0.39 is 10.7 Å². The van der Waals surface area contributed by atoms with Crippen LogP contribution in [0.2, 0.25) is 0 Å². The van der Waals surface area contributed by atoms with E-state index in [2.05, 4.69) is 24.8 Å². The Labute approximate surface area is 240 Å². The summed E-state index contributed by atoms with van der Waals surface area (Å²) in [5.41, 5.74) is 2.22. The summed E-state index contributed by atoms with van der Waals surface area (Å²) in [6.07, 6.45) is 7.80. The van der Waals surface area contributed by atoms with E-state index in [9.17, 15) is 14.9 Å². The quantitative estimate of drug-likeness (QED) is 0.226. The van der Waals surface area contributed by atoms with Gasteiger partial charge in [-0.05, 0) is 47.4 Å². The molecule has 0 saturated carbocycles. The minimum Gasteiger partial charge on any atom is -0.481 e. The molecule has 2 aliphatic rings. The van der Waals surface area contributed by atoms with Crippen molar-refractivity contribution in [2.45, 2.75) is 44.9 Å². The fourth-order valence-corrected chi connectivity index (χ4v) is 5.80. The average Bonchev–Trinajstić information content (AvgIpc) is 3.01. The lowest BCUT2D eigenvalue weighted by molar-refractivity contribution is -0.389. The van der Waals surface area contributed by atoms with E-state index in [0.29, 0.717) is 36.7 Å². The van der Waals surface area contributed by atoms with E-state index >= 15 is 4.39 Å². The van der Waals surface area contributed by atoms with Crippen LogP contribution in [0, 0.1) is 15.9 Å². The molecule has 2 aliphatic heterocycles. The van der Waals surface area contributed by atoms with Crippen LogP contribution in [0.1, 0.15) is 36.9 Å². The number of rotatable bonds is 8. The fraction of sp³-hybridized carbons (Fsp3) is 0.379. The van der Waals surface area contributed by atoms with Crippen LogP contribution in [-0.4, -0.2) is 62.2 Å². The highest BCUT2D eigenvalue weighted by atomic mass is 19.1. The summed E-state index contributed by atoms with van der Waals surface area (Å²) in [4.78, 5) is 41.0. The molecule has 0 aromatic carbocycles. The van der Waals surface area contributed by atoms with Crippen LogP contribution in [-0.2, 0) is 13.1 Å². The van der Waals surface area contributed by atoms with Gasteiger partial charge in [0.25, 0.3) is 0 Å². The van der Waals surface area contributed by atoms with E-state index in [1.807, 2.05) is 29.8 Å². The van der Waals surface area contributed by atoms with Crippen LogP contribution < -0.4 is 19.8 Å². The third kappa shape index (κ3) is 5.22. The number of piperidine rings is 1. The van der Waals surface area contributed by atoms with Gasteiger partial charge >= 0.3 is 5.82 Å². The highest BCUT2D eigenvalue weighted by Crippen LogP contribution is 2.32. The van der Waals surface area contributed by atoms with Crippen molar-refractivity contribution in [2.75, 3.05) is 31.7 Å². The molecule has 218 valence electrons. The second-order valence-electron chi connectivity index (χ2n) is 10.7. The van der Waals surface area contributed by atoms with E-state index in [0.717, 1.165) is 36.8 Å². The van der Waals surface area contributed by atoms with Gasteiger partial charge in [0.05, 0.1) is 30.4 Å². The van der Waals surface area contributed by atoms with Crippen molar-refractivity contribution < 1.29 is 18.8 Å². The molecule has 1 unspecified atom stereocenters. The van der Waals surface area contributed by atoms with Gasteiger partial charge in [-0.2, -0.15) is 0 Å². The molecular weight excluding hydrogens is 545 g/mol. The lowest BCUT2D eigenvalue weighted by Gasteiger charge is -2.40. The molecule has 4 aromatic heterocycles. The summed E-state index contributed by atoms with van der Waals surface area (Å²) in [5.74, 6) is -0.132. The van der Waals surface area contributed by atoms with Crippen LogP contribution in [0.4, 0.5) is 15.9 Å². The maximum Gasteiger partial charge on any atom is 0.363 e. The normalized spacial score (nSPS) is 18.2. The van der Waals surface area contributed by atoms with E-state index in [1.54, 1.807) is 19.4 Å². The molecule has 6 heterocycles. The molecule has 0 bridgehead atoms. The van der Waals surface area contributed by atoms with Gasteiger partial charge in [0, 0.05) is 62.3 Å². The topological polar surface area (TPSA) is 129 Å². The van der Waals surface area contributed by atoms with Crippen molar-refractivity contribution in [1.29, 1.82) is 0 Å². The number of anilines is 1. The van der Waals surface area contributed by atoms with Gasteiger partial charge in [0.2, 0.25) is 11.8 Å². The summed E-state index contributed by atoms with van der Waals surface area (Å²) in [5, 5.41) is 11.1. The highest BCUT2D eigenvalue weighted by Gasteiger charge is 2.30. The summed E-state index contributed by atoms with van der Waals surface area (Å²) in [7, 11) is 1.56. The number of hydrogen-bond donors (Lipinski definition) is 0. The molecule has 6 rings (SSSR count). The minimum absolute atomic E-state index is 0.0168. The molecule has 0 N–H and O–H groups in total. The Morgan fingerprint density at radius 2 is 2.07 bits per heavy atom. The number of nitro groups is 1. The fourth-order valence-electron chi connectivity index (χ4n) is 5.80. The molecule has 0 radical (unpaired) electrons. The number of halogens is 1. The lowest BCUT2D eigenvalue weighted by atomic mass is 10.0. The Hall–Kier alpha value is -4.65. The van der Waals surface area contributed by atoms with Gasteiger partial charge in [0.15, 0.2) is 17.4 Å². The van der Waals surface area contributed by atoms with Crippen molar-refractivity contribution >= 4 is 22.4 Å². The molecule has 4 aromatic rings. The first-order chi connectivity index (χ1) is 20.3. The Morgan fingerprint density at radius 3 is 2.83 bits per heavy atom. The molecule has 0 spiro atoms. The first-order valence-electron chi connectivity index (χ1n) is 13.8. The molecule has 12 nitrogen and oxygen atoms in total. The highest BCUT2D eigenvalue weighted by molar-refractivity contribution is 5.85. The van der Waals surface area contributed by atoms with Gasteiger partial charge in [-0.3, -0.25) is 9.69 Å².